The van der Waals surface area contributed by atoms with Crippen LogP contribution in [0, 0.1) is 0 Å². The summed E-state index contributed by atoms with van der Waals surface area (Å²) in [5.74, 6) is 0. The first kappa shape index (κ1) is 15.3. The third kappa shape index (κ3) is 6.38. The van der Waals surface area contributed by atoms with E-state index in [9.17, 15) is 0 Å². The molecule has 0 amide bonds. The number of hydrogen-bond donors (Lipinski definition) is 2. The maximum Gasteiger partial charge on any atom is 0.145 e. The zero-order valence-electron chi connectivity index (χ0n) is 6.54. The van der Waals surface area contributed by atoms with Crippen LogP contribution in [0.2, 0.25) is 0 Å². The Balaban J connectivity index is 0. The van der Waals surface area contributed by atoms with E-state index in [0.717, 1.165) is 26.3 Å². The van der Waals surface area contributed by atoms with Gasteiger partial charge in [0, 0.05) is 13.1 Å². The Morgan fingerprint density at radius 3 is 2.25 bits per heavy atom. The Kier molecular flexibility index (Phi) is 10.8. The van der Waals surface area contributed by atoms with E-state index in [-0.39, 0.29) is 27.0 Å². The van der Waals surface area contributed by atoms with Gasteiger partial charge in [0.25, 0.3) is 0 Å². The van der Waals surface area contributed by atoms with Crippen molar-refractivity contribution in [2.24, 2.45) is 0 Å². The summed E-state index contributed by atoms with van der Waals surface area (Å²) in [5.41, 5.74) is 2.93. The molecule has 1 fully saturated rings. The topological polar surface area (TPSA) is 24.5 Å². The van der Waals surface area contributed by atoms with Gasteiger partial charge in [-0.1, -0.05) is 12.2 Å². The normalized spacial score (nSPS) is 17.1. The molecule has 0 radical (unpaired) electrons. The Bertz CT molecular complexity index is 129. The molecule has 12 heavy (non-hydrogen) atoms. The second kappa shape index (κ2) is 8.46. The molecule has 0 saturated carbocycles. The molecule has 0 aromatic rings. The second-order valence-corrected chi connectivity index (χ2v) is 3.17. The van der Waals surface area contributed by atoms with Gasteiger partial charge in [-0.25, -0.2) is 5.01 Å². The molecule has 1 rings (SSSR count). The third-order valence-electron chi connectivity index (χ3n) is 1.26. The van der Waals surface area contributed by atoms with Gasteiger partial charge in [-0.15, -0.1) is 12.6 Å². The van der Waals surface area contributed by atoms with Gasteiger partial charge in [0.15, 0.2) is 0 Å². The van der Waals surface area contributed by atoms with Crippen LogP contribution in [0.3, 0.4) is 0 Å². The van der Waals surface area contributed by atoms with E-state index in [1.807, 2.05) is 5.01 Å². The SMILES string of the molecule is S.S.S=C(S)NN1CCOCC1. The molecule has 74 valence electrons. The van der Waals surface area contributed by atoms with E-state index in [1.54, 1.807) is 0 Å². The highest BCUT2D eigenvalue weighted by molar-refractivity contribution is 8.11. The van der Waals surface area contributed by atoms with Crippen molar-refractivity contribution in [1.29, 1.82) is 0 Å². The smallest absolute Gasteiger partial charge is 0.145 e. The molecule has 1 aliphatic rings. The van der Waals surface area contributed by atoms with Crippen LogP contribution in [0.25, 0.3) is 0 Å². The molecule has 0 spiro atoms. The molecule has 0 aromatic heterocycles. The van der Waals surface area contributed by atoms with Crippen molar-refractivity contribution < 1.29 is 4.74 Å². The van der Waals surface area contributed by atoms with E-state index in [4.69, 9.17) is 17.0 Å². The Morgan fingerprint density at radius 1 is 1.33 bits per heavy atom. The van der Waals surface area contributed by atoms with Gasteiger partial charge in [0.2, 0.25) is 0 Å². The molecule has 0 aromatic carbocycles. The van der Waals surface area contributed by atoms with Crippen LogP contribution in [0.15, 0.2) is 0 Å². The van der Waals surface area contributed by atoms with Crippen molar-refractivity contribution >= 4 is 56.2 Å². The Morgan fingerprint density at radius 2 is 1.83 bits per heavy atom. The number of nitrogens with one attached hydrogen (secondary N) is 1. The molecule has 0 atom stereocenters. The molecule has 1 aliphatic heterocycles. The molecule has 1 saturated heterocycles. The van der Waals surface area contributed by atoms with Crippen molar-refractivity contribution in [3.63, 3.8) is 0 Å². The minimum atomic E-state index is 0. The molecular weight excluding hydrogens is 232 g/mol. The van der Waals surface area contributed by atoms with Gasteiger partial charge in [-0.3, -0.25) is 0 Å². The highest BCUT2D eigenvalue weighted by Gasteiger charge is 2.08. The molecular formula is C5H14N2OS4. The standard InChI is InChI=1S/C5H10N2OS2.2H2S/c9-5(10)6-7-1-3-8-4-2-7;;/h1-4H2,(H2,6,9,10);2*1H2. The largest absolute Gasteiger partial charge is 0.379 e. The summed E-state index contributed by atoms with van der Waals surface area (Å²) in [7, 11) is 0. The molecule has 3 nitrogen and oxygen atoms in total. The first-order chi connectivity index (χ1) is 4.79. The number of hydrazine groups is 1. The number of nitrogens with zero attached hydrogens (tertiary/aromatic N) is 1. The quantitative estimate of drug-likeness (QED) is 0.512. The fraction of sp³-hybridized carbons (Fsp3) is 0.800. The number of hydrogen-bond acceptors (Lipinski definition) is 3. The minimum Gasteiger partial charge on any atom is -0.379 e. The number of rotatable bonds is 1. The first-order valence-corrected chi connectivity index (χ1v) is 3.97. The number of morpholine rings is 1. The number of thiocarbonyl (C=S) groups is 1. The molecule has 0 bridgehead atoms. The Labute approximate surface area is 97.5 Å². The fourth-order valence-corrected chi connectivity index (χ4v) is 1.08. The van der Waals surface area contributed by atoms with Crippen LogP contribution in [0.4, 0.5) is 0 Å². The van der Waals surface area contributed by atoms with Crippen molar-refractivity contribution in [1.82, 2.24) is 10.4 Å². The predicted molar refractivity (Wildman–Crippen MR) is 67.9 cm³/mol. The molecule has 0 unspecified atom stereocenters. The Hall–Kier alpha value is 0.860. The van der Waals surface area contributed by atoms with Gasteiger partial charge < -0.3 is 10.2 Å². The van der Waals surface area contributed by atoms with Gasteiger partial charge in [-0.2, -0.15) is 27.0 Å². The van der Waals surface area contributed by atoms with Crippen molar-refractivity contribution in [2.75, 3.05) is 26.3 Å². The van der Waals surface area contributed by atoms with Gasteiger partial charge in [0.05, 0.1) is 13.2 Å². The highest BCUT2D eigenvalue weighted by atomic mass is 32.1. The monoisotopic (exact) mass is 246 g/mol. The van der Waals surface area contributed by atoms with Crippen LogP contribution >= 0.6 is 51.8 Å². The van der Waals surface area contributed by atoms with E-state index in [2.05, 4.69) is 18.1 Å². The summed E-state index contributed by atoms with van der Waals surface area (Å²) >= 11 is 8.69. The summed E-state index contributed by atoms with van der Waals surface area (Å²) in [6.45, 7) is 3.29. The molecule has 0 aliphatic carbocycles. The number of thiol groups is 1. The lowest BCUT2D eigenvalue weighted by Crippen LogP contribution is -2.46. The average molecular weight is 246 g/mol. The summed E-state index contributed by atoms with van der Waals surface area (Å²) in [4.78, 5) is 0. The van der Waals surface area contributed by atoms with Crippen molar-refractivity contribution in [3.05, 3.63) is 0 Å². The first-order valence-electron chi connectivity index (χ1n) is 3.11. The molecule has 7 heteroatoms. The summed E-state index contributed by atoms with van der Waals surface area (Å²) < 4.78 is 5.65. The van der Waals surface area contributed by atoms with E-state index in [1.165, 1.54) is 0 Å². The van der Waals surface area contributed by atoms with E-state index >= 15 is 0 Å². The lowest BCUT2D eigenvalue weighted by molar-refractivity contribution is 0.0258. The second-order valence-electron chi connectivity index (χ2n) is 2.02. The zero-order chi connectivity index (χ0) is 7.40. The minimum absolute atomic E-state index is 0. The maximum atomic E-state index is 5.13. The van der Waals surface area contributed by atoms with Gasteiger partial charge in [-0.05, 0) is 0 Å². The highest BCUT2D eigenvalue weighted by Crippen LogP contribution is 1.93. The van der Waals surface area contributed by atoms with Crippen molar-refractivity contribution in [2.45, 2.75) is 0 Å². The fourth-order valence-electron chi connectivity index (χ4n) is 0.810. The van der Waals surface area contributed by atoms with Crippen LogP contribution in [-0.4, -0.2) is 35.6 Å². The zero-order valence-corrected chi connectivity index (χ0v) is 10.3. The lowest BCUT2D eigenvalue weighted by atomic mass is 10.5. The maximum absolute atomic E-state index is 5.13. The van der Waals surface area contributed by atoms with Crippen LogP contribution in [0.1, 0.15) is 0 Å². The predicted octanol–water partition coefficient (Wildman–Crippen LogP) is 0.263. The summed E-state index contributed by atoms with van der Waals surface area (Å²) in [6.07, 6.45) is 0. The van der Waals surface area contributed by atoms with Gasteiger partial charge in [0.1, 0.15) is 4.32 Å². The van der Waals surface area contributed by atoms with Crippen LogP contribution in [-0.2, 0) is 4.74 Å². The van der Waals surface area contributed by atoms with Crippen LogP contribution < -0.4 is 5.43 Å². The summed E-state index contributed by atoms with van der Waals surface area (Å²) in [5, 5.41) is 2.00. The lowest BCUT2D eigenvalue weighted by Gasteiger charge is -2.26. The molecule has 1 N–H and O–H groups in total. The number of ether oxygens (including phenoxy) is 1. The van der Waals surface area contributed by atoms with Crippen molar-refractivity contribution in [3.8, 4) is 0 Å². The van der Waals surface area contributed by atoms with Gasteiger partial charge >= 0.3 is 0 Å². The van der Waals surface area contributed by atoms with E-state index < -0.39 is 0 Å². The van der Waals surface area contributed by atoms with Crippen LogP contribution in [0.5, 0.6) is 0 Å². The summed E-state index contributed by atoms with van der Waals surface area (Å²) in [6, 6.07) is 0. The van der Waals surface area contributed by atoms with E-state index in [0.29, 0.717) is 4.32 Å². The molecule has 1 heterocycles. The third-order valence-corrected chi connectivity index (χ3v) is 1.46. The average Bonchev–Trinajstić information content (AvgIpc) is 1.88.